The largest absolute Gasteiger partial charge is 0.493 e. The third kappa shape index (κ3) is 5.70. The molecule has 0 radical (unpaired) electrons. The summed E-state index contributed by atoms with van der Waals surface area (Å²) in [4.78, 5) is 26.3. The molecule has 2 bridgehead atoms. The molecule has 2 heterocycles. The smallest absolute Gasteiger partial charge is 0.255 e. The molecule has 2 N–H and O–H groups in total. The molecule has 2 aromatic rings. The van der Waals surface area contributed by atoms with Crippen molar-refractivity contribution in [3.05, 3.63) is 57.6 Å². The predicted molar refractivity (Wildman–Crippen MR) is 124 cm³/mol. The molecule has 33 heavy (non-hydrogen) atoms. The fraction of sp³-hybridized carbons (Fsp3) is 0.375. The molecule has 172 valence electrons. The lowest BCUT2D eigenvalue weighted by Gasteiger charge is -2.22. The molecule has 2 amide bonds. The maximum atomic E-state index is 13.2. The second kappa shape index (κ2) is 9.90. The fourth-order valence-corrected chi connectivity index (χ4v) is 3.99. The first-order chi connectivity index (χ1) is 15.9. The number of nitriles is 1. The van der Waals surface area contributed by atoms with Gasteiger partial charge in [-0.15, -0.1) is 0 Å². The molecule has 0 saturated heterocycles. The quantitative estimate of drug-likeness (QED) is 0.664. The summed E-state index contributed by atoms with van der Waals surface area (Å²) in [5.41, 5.74) is 0.110. The summed E-state index contributed by atoms with van der Waals surface area (Å²) in [5.74, 6) is 0.00284. The summed E-state index contributed by atoms with van der Waals surface area (Å²) in [6.07, 6.45) is 2.80. The monoisotopic (exact) mass is 487 g/mol. The van der Waals surface area contributed by atoms with E-state index < -0.39 is 23.4 Å². The van der Waals surface area contributed by atoms with Gasteiger partial charge in [-0.25, -0.2) is 0 Å². The molecule has 9 heteroatoms. The van der Waals surface area contributed by atoms with Crippen LogP contribution in [0.15, 0.2) is 36.4 Å². The second-order valence-electron chi connectivity index (χ2n) is 8.22. The number of rotatable bonds is 2. The van der Waals surface area contributed by atoms with Crippen LogP contribution in [0.5, 0.6) is 11.5 Å². The van der Waals surface area contributed by atoms with Crippen molar-refractivity contribution in [2.24, 2.45) is 0 Å². The Morgan fingerprint density at radius 2 is 1.79 bits per heavy atom. The zero-order chi connectivity index (χ0) is 23.4. The molecule has 1 saturated carbocycles. The molecular formula is C24H23Cl2N3O4. The minimum atomic E-state index is -0.939. The van der Waals surface area contributed by atoms with E-state index in [9.17, 15) is 14.9 Å². The van der Waals surface area contributed by atoms with Crippen molar-refractivity contribution in [1.82, 2.24) is 10.6 Å². The summed E-state index contributed by atoms with van der Waals surface area (Å²) >= 11 is 12.5. The Kier molecular flexibility index (Phi) is 6.96. The van der Waals surface area contributed by atoms with Gasteiger partial charge in [-0.1, -0.05) is 29.3 Å². The highest BCUT2D eigenvalue weighted by atomic mass is 35.5. The number of hydrogen-bond donors (Lipinski definition) is 2. The van der Waals surface area contributed by atoms with Gasteiger partial charge >= 0.3 is 0 Å². The first kappa shape index (κ1) is 23.2. The maximum Gasteiger partial charge on any atom is 0.255 e. The van der Waals surface area contributed by atoms with Crippen LogP contribution in [0, 0.1) is 11.3 Å². The van der Waals surface area contributed by atoms with E-state index >= 15 is 0 Å². The number of amides is 2. The molecular weight excluding hydrogens is 465 g/mol. The van der Waals surface area contributed by atoms with Crippen LogP contribution in [0.25, 0.3) is 0 Å². The van der Waals surface area contributed by atoms with Crippen LogP contribution in [-0.2, 0) is 11.2 Å². The number of nitrogens with one attached hydrogen (secondary N) is 2. The lowest BCUT2D eigenvalue weighted by atomic mass is 10.0. The van der Waals surface area contributed by atoms with Crippen molar-refractivity contribution in [3.8, 4) is 17.6 Å². The van der Waals surface area contributed by atoms with Crippen molar-refractivity contribution >= 4 is 35.0 Å². The van der Waals surface area contributed by atoms with Crippen LogP contribution in [0.4, 0.5) is 0 Å². The number of hydrogen-bond acceptors (Lipinski definition) is 5. The van der Waals surface area contributed by atoms with Crippen molar-refractivity contribution < 1.29 is 19.1 Å². The Bertz CT molecular complexity index is 1110. The maximum absolute atomic E-state index is 13.2. The van der Waals surface area contributed by atoms with E-state index in [-0.39, 0.29) is 12.0 Å². The number of benzene rings is 2. The van der Waals surface area contributed by atoms with Crippen molar-refractivity contribution in [2.75, 3.05) is 13.2 Å². The average molecular weight is 488 g/mol. The highest BCUT2D eigenvalue weighted by Crippen LogP contribution is 2.34. The second-order valence-corrected chi connectivity index (χ2v) is 9.07. The molecule has 1 aliphatic carbocycles. The molecule has 3 aliphatic rings. The summed E-state index contributed by atoms with van der Waals surface area (Å²) in [6, 6.07) is 11.3. The SMILES string of the molecule is N#CC1(NC(=O)[C@@H]2Cc3ccc(c(Cl)c3)OCCCCOc3ccc(Cl)cc3C(=O)N2)CC1. The topological polar surface area (TPSA) is 100 Å². The van der Waals surface area contributed by atoms with E-state index in [4.69, 9.17) is 32.7 Å². The standard InChI is InChI=1S/C24H23Cl2N3O4/c25-16-4-6-20-17(13-16)22(30)28-19(23(31)29-24(14-27)7-8-24)12-15-3-5-21(18(26)11-15)33-10-2-1-9-32-20/h3-6,11,13,19H,1-2,7-10,12H2,(H,28,30)(H,29,31)/t19-/m0/s1. The van der Waals surface area contributed by atoms with E-state index in [0.717, 1.165) is 12.0 Å². The molecule has 7 nitrogen and oxygen atoms in total. The van der Waals surface area contributed by atoms with Gasteiger partial charge in [0.15, 0.2) is 0 Å². The van der Waals surface area contributed by atoms with Crippen LogP contribution < -0.4 is 20.1 Å². The first-order valence-corrected chi connectivity index (χ1v) is 11.5. The summed E-state index contributed by atoms with van der Waals surface area (Å²) in [5, 5.41) is 15.7. The van der Waals surface area contributed by atoms with Crippen LogP contribution in [0.1, 0.15) is 41.6 Å². The van der Waals surface area contributed by atoms with E-state index in [1.807, 2.05) is 6.07 Å². The number of halogens is 2. The minimum Gasteiger partial charge on any atom is -0.493 e. The van der Waals surface area contributed by atoms with E-state index in [1.54, 1.807) is 24.3 Å². The van der Waals surface area contributed by atoms with E-state index in [0.29, 0.717) is 54.0 Å². The van der Waals surface area contributed by atoms with Gasteiger partial charge in [0.2, 0.25) is 5.91 Å². The van der Waals surface area contributed by atoms with Gasteiger partial charge in [0.1, 0.15) is 23.1 Å². The highest BCUT2D eigenvalue weighted by molar-refractivity contribution is 6.32. The molecule has 0 spiro atoms. The van der Waals surface area contributed by atoms with Gasteiger partial charge in [-0.3, -0.25) is 9.59 Å². The Labute approximate surface area is 202 Å². The lowest BCUT2D eigenvalue weighted by molar-refractivity contribution is -0.123. The van der Waals surface area contributed by atoms with Crippen LogP contribution in [0.3, 0.4) is 0 Å². The van der Waals surface area contributed by atoms with Gasteiger partial charge in [0.25, 0.3) is 5.91 Å². The molecule has 0 unspecified atom stereocenters. The lowest BCUT2D eigenvalue weighted by Crippen LogP contribution is -2.51. The fourth-order valence-electron chi connectivity index (χ4n) is 3.56. The average Bonchev–Trinajstić information content (AvgIpc) is 3.56. The molecule has 1 fully saturated rings. The van der Waals surface area contributed by atoms with Crippen LogP contribution in [-0.4, -0.2) is 36.6 Å². The van der Waals surface area contributed by atoms with Gasteiger partial charge in [-0.05, 0) is 61.6 Å². The number of carbonyl (C=O) groups is 2. The summed E-state index contributed by atoms with van der Waals surface area (Å²) < 4.78 is 11.6. The zero-order valence-corrected chi connectivity index (χ0v) is 19.3. The Hall–Kier alpha value is -2.95. The number of carbonyl (C=O) groups excluding carboxylic acids is 2. The first-order valence-electron chi connectivity index (χ1n) is 10.8. The van der Waals surface area contributed by atoms with Gasteiger partial charge in [0.05, 0.1) is 29.9 Å². The van der Waals surface area contributed by atoms with Gasteiger partial charge < -0.3 is 20.1 Å². The molecule has 0 aromatic heterocycles. The third-order valence-electron chi connectivity index (χ3n) is 5.62. The van der Waals surface area contributed by atoms with E-state index in [2.05, 4.69) is 16.7 Å². The number of fused-ring (bicyclic) bond motifs is 10. The zero-order valence-electron chi connectivity index (χ0n) is 17.8. The van der Waals surface area contributed by atoms with Gasteiger partial charge in [-0.2, -0.15) is 5.26 Å². The normalized spacial score (nSPS) is 19.8. The van der Waals surface area contributed by atoms with Crippen molar-refractivity contribution in [1.29, 1.82) is 5.26 Å². The van der Waals surface area contributed by atoms with Gasteiger partial charge in [0, 0.05) is 11.4 Å². The molecule has 2 aliphatic heterocycles. The van der Waals surface area contributed by atoms with Crippen molar-refractivity contribution in [2.45, 2.75) is 43.7 Å². The molecule has 5 rings (SSSR count). The molecule has 2 aromatic carbocycles. The number of nitrogens with zero attached hydrogens (tertiary/aromatic N) is 1. The molecule has 1 atom stereocenters. The summed E-state index contributed by atoms with van der Waals surface area (Å²) in [6.45, 7) is 0.851. The van der Waals surface area contributed by atoms with E-state index in [1.165, 1.54) is 6.07 Å². The van der Waals surface area contributed by atoms with Crippen LogP contribution in [0.2, 0.25) is 10.0 Å². The Morgan fingerprint density at radius 1 is 1.09 bits per heavy atom. The summed E-state index contributed by atoms with van der Waals surface area (Å²) in [7, 11) is 0. The van der Waals surface area contributed by atoms with Crippen LogP contribution >= 0.6 is 23.2 Å². The Morgan fingerprint density at radius 3 is 2.45 bits per heavy atom. The predicted octanol–water partition coefficient (Wildman–Crippen LogP) is 4.06. The Balaban J connectivity index is 1.66. The van der Waals surface area contributed by atoms with Crippen molar-refractivity contribution in [3.63, 3.8) is 0 Å². The number of ether oxygens (including phenoxy) is 2. The minimum absolute atomic E-state index is 0.176. The third-order valence-corrected chi connectivity index (χ3v) is 6.15. The highest BCUT2D eigenvalue weighted by Gasteiger charge is 2.45.